The number of ether oxygens (including phenoxy) is 3. The van der Waals surface area contributed by atoms with Gasteiger partial charge < -0.3 is 19.1 Å². The largest absolute Gasteiger partial charge is 0.497 e. The number of methoxy groups -OCH3 is 3. The summed E-state index contributed by atoms with van der Waals surface area (Å²) < 4.78 is 16.3. The second-order valence-corrected chi connectivity index (χ2v) is 6.71. The molecule has 0 fully saturated rings. The molecule has 2 aromatic carbocycles. The Morgan fingerprint density at radius 2 is 1.76 bits per heavy atom. The predicted molar refractivity (Wildman–Crippen MR) is 101 cm³/mol. The fraction of sp³-hybridized carbons (Fsp3) is 0.400. The number of halogens is 1. The summed E-state index contributed by atoms with van der Waals surface area (Å²) in [5.41, 5.74) is 3.58. The van der Waals surface area contributed by atoms with Gasteiger partial charge in [0.05, 0.1) is 26.4 Å². The zero-order valence-electron chi connectivity index (χ0n) is 15.1. The van der Waals surface area contributed by atoms with Gasteiger partial charge in [0.25, 0.3) is 0 Å². The molecule has 1 aliphatic rings. The van der Waals surface area contributed by atoms with E-state index in [0.29, 0.717) is 16.5 Å². The molecule has 25 heavy (non-hydrogen) atoms. The Labute approximate surface area is 154 Å². The molecule has 4 nitrogen and oxygen atoms in total. The van der Waals surface area contributed by atoms with Crippen LogP contribution in [0.4, 0.5) is 0 Å². The van der Waals surface area contributed by atoms with Gasteiger partial charge in [-0.1, -0.05) is 23.7 Å². The molecule has 0 saturated heterocycles. The minimum atomic E-state index is 0.214. The summed E-state index contributed by atoms with van der Waals surface area (Å²) in [6.45, 7) is 1.87. The van der Waals surface area contributed by atoms with E-state index in [2.05, 4.69) is 30.1 Å². The highest BCUT2D eigenvalue weighted by Gasteiger charge is 2.28. The predicted octanol–water partition coefficient (Wildman–Crippen LogP) is 3.99. The Hall–Kier alpha value is -1.91. The average Bonchev–Trinajstić information content (AvgIpc) is 2.81. The van der Waals surface area contributed by atoms with Crippen LogP contribution in [0.3, 0.4) is 0 Å². The van der Waals surface area contributed by atoms with E-state index in [1.54, 1.807) is 21.3 Å². The normalized spacial score (nSPS) is 17.6. The van der Waals surface area contributed by atoms with Gasteiger partial charge in [-0.25, -0.2) is 0 Å². The van der Waals surface area contributed by atoms with Crippen LogP contribution < -0.4 is 14.2 Å². The molecule has 3 rings (SSSR count). The van der Waals surface area contributed by atoms with Crippen molar-refractivity contribution in [2.75, 3.05) is 41.5 Å². The summed E-state index contributed by atoms with van der Waals surface area (Å²) in [6.07, 6.45) is 0.887. The molecule has 1 unspecified atom stereocenters. The van der Waals surface area contributed by atoms with Crippen LogP contribution in [-0.4, -0.2) is 46.4 Å². The van der Waals surface area contributed by atoms with E-state index in [-0.39, 0.29) is 5.92 Å². The highest BCUT2D eigenvalue weighted by atomic mass is 35.5. The van der Waals surface area contributed by atoms with E-state index in [4.69, 9.17) is 25.8 Å². The van der Waals surface area contributed by atoms with Crippen molar-refractivity contribution >= 4 is 11.6 Å². The van der Waals surface area contributed by atoms with E-state index in [9.17, 15) is 0 Å². The molecule has 0 saturated carbocycles. The van der Waals surface area contributed by atoms with Crippen LogP contribution >= 0.6 is 11.6 Å². The van der Waals surface area contributed by atoms with Crippen molar-refractivity contribution < 1.29 is 14.2 Å². The lowest BCUT2D eigenvalue weighted by atomic mass is 9.87. The van der Waals surface area contributed by atoms with Crippen LogP contribution in [0.15, 0.2) is 30.3 Å². The number of benzene rings is 2. The Balaban J connectivity index is 2.15. The first-order chi connectivity index (χ1) is 12.1. The average molecular weight is 362 g/mol. The molecule has 0 bridgehead atoms. The highest BCUT2D eigenvalue weighted by Crippen LogP contribution is 2.44. The third kappa shape index (κ3) is 3.42. The first kappa shape index (κ1) is 17.9. The monoisotopic (exact) mass is 361 g/mol. The van der Waals surface area contributed by atoms with Gasteiger partial charge in [0.2, 0.25) is 0 Å². The van der Waals surface area contributed by atoms with Crippen LogP contribution in [-0.2, 0) is 6.42 Å². The molecular formula is C20H24ClNO3. The van der Waals surface area contributed by atoms with E-state index < -0.39 is 0 Å². The zero-order valence-corrected chi connectivity index (χ0v) is 15.9. The number of rotatable bonds is 4. The van der Waals surface area contributed by atoms with Crippen LogP contribution in [0, 0.1) is 0 Å². The molecule has 134 valence electrons. The van der Waals surface area contributed by atoms with Crippen LogP contribution in [0.1, 0.15) is 22.6 Å². The molecule has 0 aromatic heterocycles. The van der Waals surface area contributed by atoms with Crippen molar-refractivity contribution in [2.24, 2.45) is 0 Å². The Kier molecular flexibility index (Phi) is 5.40. The number of hydrogen-bond donors (Lipinski definition) is 0. The van der Waals surface area contributed by atoms with Crippen molar-refractivity contribution in [3.05, 3.63) is 52.0 Å². The zero-order chi connectivity index (χ0) is 18.0. The number of fused-ring (bicyclic) bond motifs is 1. The van der Waals surface area contributed by atoms with Crippen molar-refractivity contribution in [3.8, 4) is 17.2 Å². The van der Waals surface area contributed by atoms with Gasteiger partial charge in [-0.3, -0.25) is 0 Å². The molecular weight excluding hydrogens is 338 g/mol. The lowest BCUT2D eigenvalue weighted by molar-refractivity contribution is 0.337. The molecule has 0 radical (unpaired) electrons. The van der Waals surface area contributed by atoms with Gasteiger partial charge in [-0.05, 0) is 48.4 Å². The fourth-order valence-electron chi connectivity index (χ4n) is 3.50. The maximum absolute atomic E-state index is 6.69. The minimum absolute atomic E-state index is 0.214. The van der Waals surface area contributed by atoms with Crippen molar-refractivity contribution in [1.82, 2.24) is 4.90 Å². The summed E-state index contributed by atoms with van der Waals surface area (Å²) in [5, 5.41) is 0.658. The van der Waals surface area contributed by atoms with E-state index in [1.807, 2.05) is 12.1 Å². The molecule has 0 aliphatic carbocycles. The molecule has 0 amide bonds. The third-order valence-corrected chi connectivity index (χ3v) is 5.28. The highest BCUT2D eigenvalue weighted by molar-refractivity contribution is 6.33. The smallest absolute Gasteiger partial charge is 0.179 e. The Bertz CT molecular complexity index is 746. The quantitative estimate of drug-likeness (QED) is 0.824. The molecule has 1 atom stereocenters. The molecule has 0 N–H and O–H groups in total. The van der Waals surface area contributed by atoms with Gasteiger partial charge in [-0.2, -0.15) is 0 Å². The summed E-state index contributed by atoms with van der Waals surface area (Å²) in [6, 6.07) is 10.3. The number of nitrogens with zero attached hydrogens (tertiary/aromatic N) is 1. The lowest BCUT2D eigenvalue weighted by Crippen LogP contribution is -2.24. The maximum atomic E-state index is 6.69. The molecule has 5 heteroatoms. The summed E-state index contributed by atoms with van der Waals surface area (Å²) in [5.74, 6) is 2.36. The summed E-state index contributed by atoms with van der Waals surface area (Å²) >= 11 is 6.69. The Morgan fingerprint density at radius 3 is 2.36 bits per heavy atom. The minimum Gasteiger partial charge on any atom is -0.497 e. The third-order valence-electron chi connectivity index (χ3n) is 4.88. The van der Waals surface area contributed by atoms with E-state index in [0.717, 1.165) is 30.8 Å². The van der Waals surface area contributed by atoms with Gasteiger partial charge in [0, 0.05) is 19.0 Å². The standard InChI is InChI=1S/C20H24ClNO3/c1-22-10-9-15-16(11-18(24-3)20(25-4)19(15)21)17(12-22)13-5-7-14(23-2)8-6-13/h5-8,11,17H,9-10,12H2,1-4H3. The van der Waals surface area contributed by atoms with Gasteiger partial charge in [-0.15, -0.1) is 0 Å². The second-order valence-electron chi connectivity index (χ2n) is 6.33. The van der Waals surface area contributed by atoms with E-state index in [1.165, 1.54) is 11.1 Å². The molecule has 0 spiro atoms. The van der Waals surface area contributed by atoms with Crippen LogP contribution in [0.25, 0.3) is 0 Å². The topological polar surface area (TPSA) is 30.9 Å². The molecule has 2 aromatic rings. The summed E-state index contributed by atoms with van der Waals surface area (Å²) in [7, 11) is 7.09. The summed E-state index contributed by atoms with van der Waals surface area (Å²) in [4.78, 5) is 2.34. The Morgan fingerprint density at radius 1 is 1.04 bits per heavy atom. The van der Waals surface area contributed by atoms with Gasteiger partial charge in [0.1, 0.15) is 5.75 Å². The molecule has 1 heterocycles. The van der Waals surface area contributed by atoms with Gasteiger partial charge >= 0.3 is 0 Å². The SMILES string of the molecule is COc1ccc(C2CN(C)CCc3c2cc(OC)c(OC)c3Cl)cc1. The lowest BCUT2D eigenvalue weighted by Gasteiger charge is -2.23. The number of hydrogen-bond acceptors (Lipinski definition) is 4. The van der Waals surface area contributed by atoms with Crippen molar-refractivity contribution in [3.63, 3.8) is 0 Å². The van der Waals surface area contributed by atoms with E-state index >= 15 is 0 Å². The fourth-order valence-corrected chi connectivity index (χ4v) is 3.87. The number of likely N-dealkylation sites (N-methyl/N-ethyl adjacent to an activating group) is 1. The second kappa shape index (κ2) is 7.54. The van der Waals surface area contributed by atoms with Crippen molar-refractivity contribution in [2.45, 2.75) is 12.3 Å². The van der Waals surface area contributed by atoms with Crippen LogP contribution in [0.5, 0.6) is 17.2 Å². The van der Waals surface area contributed by atoms with Crippen molar-refractivity contribution in [1.29, 1.82) is 0 Å². The first-order valence-corrected chi connectivity index (χ1v) is 8.72. The van der Waals surface area contributed by atoms with Crippen LogP contribution in [0.2, 0.25) is 5.02 Å². The molecule has 1 aliphatic heterocycles. The maximum Gasteiger partial charge on any atom is 0.179 e. The van der Waals surface area contributed by atoms with Gasteiger partial charge in [0.15, 0.2) is 11.5 Å². The first-order valence-electron chi connectivity index (χ1n) is 8.34.